The Hall–Kier alpha value is -3.68. The first-order valence-corrected chi connectivity index (χ1v) is 17.8. The van der Waals surface area contributed by atoms with Crippen molar-refractivity contribution < 1.29 is 38.9 Å². The summed E-state index contributed by atoms with van der Waals surface area (Å²) >= 11 is 0. The second-order valence-electron chi connectivity index (χ2n) is 13.5. The lowest BCUT2D eigenvalue weighted by Gasteiger charge is -2.41. The van der Waals surface area contributed by atoms with E-state index in [1.165, 1.54) is 0 Å². The average Bonchev–Trinajstić information content (AvgIpc) is 3.62. The van der Waals surface area contributed by atoms with Crippen LogP contribution >= 0.6 is 0 Å². The molecule has 3 heterocycles. The lowest BCUT2D eigenvalue weighted by molar-refractivity contribution is -0.255. The first-order chi connectivity index (χ1) is 24.4. The molecular formula is C39H49N3O8. The molecule has 3 atom stereocenters. The number of aliphatic hydroxyl groups is 1. The van der Waals surface area contributed by atoms with Gasteiger partial charge in [-0.05, 0) is 52.8 Å². The number of hydrogen-bond acceptors (Lipinski definition) is 9. The molecule has 1 spiro atoms. The van der Waals surface area contributed by atoms with Crippen molar-refractivity contribution in [2.45, 2.75) is 88.8 Å². The topological polar surface area (TPSA) is 139 Å². The number of hydrogen-bond donors (Lipinski definition) is 4. The Morgan fingerprint density at radius 1 is 0.800 bits per heavy atom. The maximum absolute atomic E-state index is 12.4. The van der Waals surface area contributed by atoms with Gasteiger partial charge in [0.05, 0.1) is 32.0 Å². The Morgan fingerprint density at radius 3 is 2.22 bits per heavy atom. The van der Waals surface area contributed by atoms with Crippen LogP contribution in [0.15, 0.2) is 72.8 Å². The fourth-order valence-electron chi connectivity index (χ4n) is 7.00. The van der Waals surface area contributed by atoms with Crippen molar-refractivity contribution in [3.8, 4) is 11.1 Å². The number of carbonyl (C=O) groups is 2. The summed E-state index contributed by atoms with van der Waals surface area (Å²) in [6, 6.07) is 24.4. The van der Waals surface area contributed by atoms with Crippen LogP contribution in [0.2, 0.25) is 0 Å². The van der Waals surface area contributed by atoms with Gasteiger partial charge in [-0.1, -0.05) is 67.1 Å². The van der Waals surface area contributed by atoms with Crippen LogP contribution in [0.5, 0.6) is 0 Å². The van der Waals surface area contributed by atoms with Crippen LogP contribution in [-0.4, -0.2) is 71.8 Å². The number of hydroxylamine groups is 1. The zero-order chi connectivity index (χ0) is 34.8. The number of likely N-dealkylation sites (tertiary alicyclic amines) is 1. The van der Waals surface area contributed by atoms with Crippen molar-refractivity contribution in [1.29, 1.82) is 0 Å². The molecule has 0 aromatic heterocycles. The third kappa shape index (κ3) is 9.76. The SMILES string of the molecule is O=C(CCCCCC(=O)NCc1cccc(-c2cccc(C3OC(CN4CCC5(CC4)OCCO5)CC(c4ccc(CO)cc4)O3)c2)c1)NO. The highest BCUT2D eigenvalue weighted by Crippen LogP contribution is 2.40. The van der Waals surface area contributed by atoms with E-state index in [-0.39, 0.29) is 31.1 Å². The number of amides is 2. The normalized spacial score (nSPS) is 22.0. The largest absolute Gasteiger partial charge is 0.392 e. The summed E-state index contributed by atoms with van der Waals surface area (Å²) < 4.78 is 25.2. The van der Waals surface area contributed by atoms with E-state index in [4.69, 9.17) is 24.2 Å². The molecule has 4 N–H and O–H groups in total. The number of ether oxygens (including phenoxy) is 4. The Bertz CT molecular complexity index is 1550. The molecular weight excluding hydrogens is 638 g/mol. The van der Waals surface area contributed by atoms with Crippen LogP contribution in [0.25, 0.3) is 11.1 Å². The van der Waals surface area contributed by atoms with Gasteiger partial charge in [0.2, 0.25) is 11.8 Å². The van der Waals surface area contributed by atoms with Crippen molar-refractivity contribution >= 4 is 11.8 Å². The zero-order valence-electron chi connectivity index (χ0n) is 28.6. The van der Waals surface area contributed by atoms with E-state index >= 15 is 0 Å². The Labute approximate surface area is 293 Å². The molecule has 11 heteroatoms. The highest BCUT2D eigenvalue weighted by molar-refractivity contribution is 5.76. The molecule has 0 bridgehead atoms. The fraction of sp³-hybridized carbons (Fsp3) is 0.487. The Morgan fingerprint density at radius 2 is 1.50 bits per heavy atom. The molecule has 3 aliphatic rings. The van der Waals surface area contributed by atoms with Gasteiger partial charge in [-0.15, -0.1) is 0 Å². The molecule has 3 aromatic rings. The van der Waals surface area contributed by atoms with E-state index in [1.54, 1.807) is 5.48 Å². The third-order valence-electron chi connectivity index (χ3n) is 9.85. The molecule has 3 aliphatic heterocycles. The Balaban J connectivity index is 1.10. The number of rotatable bonds is 14. The molecule has 2 amide bonds. The molecule has 6 rings (SSSR count). The standard InChI is InChI=1S/C39H49N3O8/c43-27-28-12-14-30(15-13-28)35-24-34(26-42-18-16-39(17-19-42)47-20-21-48-39)49-38(50-35)33-9-5-8-32(23-33)31-7-4-6-29(22-31)25-40-36(44)10-2-1-3-11-37(45)41-46/h4-9,12-15,22-23,34-35,38,43,46H,1-3,10-11,16-21,24-27H2,(H,40,44)(H,41,45). The maximum atomic E-state index is 12.4. The first kappa shape index (κ1) is 36.1. The van der Waals surface area contributed by atoms with Crippen LogP contribution in [0.3, 0.4) is 0 Å². The molecule has 0 aliphatic carbocycles. The number of unbranched alkanes of at least 4 members (excludes halogenated alkanes) is 2. The number of carbonyl (C=O) groups excluding carboxylic acids is 2. The minimum atomic E-state index is -0.561. The molecule has 50 heavy (non-hydrogen) atoms. The second kappa shape index (κ2) is 17.5. The summed E-state index contributed by atoms with van der Waals surface area (Å²) in [5, 5.41) is 21.2. The van der Waals surface area contributed by atoms with E-state index < -0.39 is 18.0 Å². The summed E-state index contributed by atoms with van der Waals surface area (Å²) in [5.74, 6) is -0.858. The van der Waals surface area contributed by atoms with Crippen molar-refractivity contribution in [2.75, 3.05) is 32.8 Å². The highest BCUT2D eigenvalue weighted by atomic mass is 16.7. The van der Waals surface area contributed by atoms with E-state index in [9.17, 15) is 14.7 Å². The van der Waals surface area contributed by atoms with Crippen LogP contribution in [0.4, 0.5) is 0 Å². The molecule has 268 valence electrons. The monoisotopic (exact) mass is 687 g/mol. The number of nitrogens with zero attached hydrogens (tertiary/aromatic N) is 1. The van der Waals surface area contributed by atoms with Gasteiger partial charge in [-0.2, -0.15) is 0 Å². The first-order valence-electron chi connectivity index (χ1n) is 17.8. The van der Waals surface area contributed by atoms with E-state index in [2.05, 4.69) is 34.5 Å². The van der Waals surface area contributed by atoms with Gasteiger partial charge in [0.1, 0.15) is 0 Å². The van der Waals surface area contributed by atoms with Crippen molar-refractivity contribution in [3.63, 3.8) is 0 Å². The van der Waals surface area contributed by atoms with Gasteiger partial charge in [-0.25, -0.2) is 5.48 Å². The van der Waals surface area contributed by atoms with Crippen LogP contribution in [0.1, 0.15) is 86.0 Å². The minimum Gasteiger partial charge on any atom is -0.392 e. The molecule has 3 fully saturated rings. The van der Waals surface area contributed by atoms with Crippen LogP contribution < -0.4 is 10.8 Å². The third-order valence-corrected chi connectivity index (χ3v) is 9.85. The molecule has 11 nitrogen and oxygen atoms in total. The molecule has 3 unspecified atom stereocenters. The van der Waals surface area contributed by atoms with Gasteiger partial charge in [0.15, 0.2) is 12.1 Å². The van der Waals surface area contributed by atoms with Crippen molar-refractivity contribution in [1.82, 2.24) is 15.7 Å². The highest BCUT2D eigenvalue weighted by Gasteiger charge is 2.41. The van der Waals surface area contributed by atoms with E-state index in [1.807, 2.05) is 48.5 Å². The van der Waals surface area contributed by atoms with Gasteiger partial charge < -0.3 is 34.3 Å². The summed E-state index contributed by atoms with van der Waals surface area (Å²) in [5.41, 5.74) is 7.54. The van der Waals surface area contributed by atoms with Crippen molar-refractivity contribution in [3.05, 3.63) is 95.1 Å². The van der Waals surface area contributed by atoms with E-state index in [0.29, 0.717) is 39.0 Å². The smallest absolute Gasteiger partial charge is 0.243 e. The van der Waals surface area contributed by atoms with Crippen molar-refractivity contribution in [2.24, 2.45) is 0 Å². The molecule has 3 aromatic carbocycles. The lowest BCUT2D eigenvalue weighted by atomic mass is 9.97. The quantitative estimate of drug-likeness (QED) is 0.101. The number of benzene rings is 3. The number of aliphatic hydroxyl groups excluding tert-OH is 1. The lowest BCUT2D eigenvalue weighted by Crippen LogP contribution is -2.48. The average molecular weight is 688 g/mol. The second-order valence-corrected chi connectivity index (χ2v) is 13.5. The molecule has 0 radical (unpaired) electrons. The minimum absolute atomic E-state index is 0.000539. The fourth-order valence-corrected chi connectivity index (χ4v) is 7.00. The zero-order valence-corrected chi connectivity index (χ0v) is 28.6. The van der Waals surface area contributed by atoms with Crippen LogP contribution in [-0.2, 0) is 41.7 Å². The summed E-state index contributed by atoms with van der Waals surface area (Å²) in [4.78, 5) is 26.0. The van der Waals surface area contributed by atoms with Gasteiger partial charge >= 0.3 is 0 Å². The van der Waals surface area contributed by atoms with Gasteiger partial charge in [0.25, 0.3) is 0 Å². The summed E-state index contributed by atoms with van der Waals surface area (Å²) in [6.07, 6.45) is 4.33. The summed E-state index contributed by atoms with van der Waals surface area (Å²) in [7, 11) is 0. The summed E-state index contributed by atoms with van der Waals surface area (Å²) in [6.45, 7) is 4.31. The van der Waals surface area contributed by atoms with Gasteiger partial charge in [0, 0.05) is 63.8 Å². The van der Waals surface area contributed by atoms with Crippen LogP contribution in [0, 0.1) is 0 Å². The van der Waals surface area contributed by atoms with E-state index in [0.717, 1.165) is 78.7 Å². The predicted molar refractivity (Wildman–Crippen MR) is 185 cm³/mol. The van der Waals surface area contributed by atoms with Gasteiger partial charge in [-0.3, -0.25) is 14.8 Å². The molecule has 0 saturated carbocycles. The number of piperidine rings is 1. The number of nitrogens with one attached hydrogen (secondary N) is 2. The predicted octanol–water partition coefficient (Wildman–Crippen LogP) is 5.30. The molecule has 3 saturated heterocycles. The maximum Gasteiger partial charge on any atom is 0.243 e. The Kier molecular flexibility index (Phi) is 12.6.